The number of nitrogens with zero attached hydrogens (tertiary/aromatic N) is 1. The number of anilines is 3. The molecule has 0 amide bonds. The van der Waals surface area contributed by atoms with Gasteiger partial charge >= 0.3 is 6.18 Å². The molecular weight excluding hydrogens is 279 g/mol. The first-order chi connectivity index (χ1) is 8.86. The Labute approximate surface area is 112 Å². The fourth-order valence-electron chi connectivity index (χ4n) is 1.48. The molecule has 7 heteroatoms. The molecule has 0 unspecified atom stereocenters. The third-order valence-corrected chi connectivity index (χ3v) is 2.64. The number of pyridine rings is 1. The minimum Gasteiger partial charge on any atom is -0.384 e. The Kier molecular flexibility index (Phi) is 3.53. The molecule has 0 aliphatic rings. The molecule has 1 heterocycles. The summed E-state index contributed by atoms with van der Waals surface area (Å²) in [5, 5.41) is 3.08. The number of nitrogen functional groups attached to an aromatic ring is 1. The summed E-state index contributed by atoms with van der Waals surface area (Å²) in [6, 6.07) is 8.30. The molecule has 0 atom stereocenters. The minimum atomic E-state index is -4.48. The number of aromatic nitrogens is 1. The Morgan fingerprint density at radius 1 is 1.16 bits per heavy atom. The largest absolute Gasteiger partial charge is 0.416 e. The van der Waals surface area contributed by atoms with Crippen LogP contribution >= 0.6 is 11.6 Å². The molecule has 2 rings (SSSR count). The van der Waals surface area contributed by atoms with E-state index in [0.717, 1.165) is 12.1 Å². The first-order valence-electron chi connectivity index (χ1n) is 5.22. The molecule has 2 aromatic rings. The van der Waals surface area contributed by atoms with Crippen molar-refractivity contribution in [1.82, 2.24) is 4.98 Å². The molecule has 19 heavy (non-hydrogen) atoms. The van der Waals surface area contributed by atoms with Crippen LogP contribution in [0.25, 0.3) is 0 Å². The zero-order chi connectivity index (χ0) is 14.0. The van der Waals surface area contributed by atoms with Gasteiger partial charge in [-0.15, -0.1) is 0 Å². The van der Waals surface area contributed by atoms with Crippen LogP contribution in [0.3, 0.4) is 0 Å². The number of nitrogens with two attached hydrogens (primary N) is 1. The molecule has 0 saturated heterocycles. The van der Waals surface area contributed by atoms with E-state index in [1.54, 1.807) is 24.3 Å². The average molecular weight is 288 g/mol. The highest BCUT2D eigenvalue weighted by molar-refractivity contribution is 6.33. The van der Waals surface area contributed by atoms with E-state index in [4.69, 9.17) is 17.3 Å². The smallest absolute Gasteiger partial charge is 0.384 e. The second-order valence-electron chi connectivity index (χ2n) is 3.77. The lowest BCUT2D eigenvalue weighted by molar-refractivity contribution is -0.137. The summed E-state index contributed by atoms with van der Waals surface area (Å²) in [5.74, 6) is -0.232. The maximum absolute atomic E-state index is 12.6. The van der Waals surface area contributed by atoms with Crippen LogP contribution in [0.2, 0.25) is 5.02 Å². The van der Waals surface area contributed by atoms with E-state index in [1.165, 1.54) is 0 Å². The van der Waals surface area contributed by atoms with Gasteiger partial charge in [0.25, 0.3) is 0 Å². The highest BCUT2D eigenvalue weighted by Crippen LogP contribution is 2.32. The van der Waals surface area contributed by atoms with Gasteiger partial charge in [-0.25, -0.2) is 4.98 Å². The molecule has 0 bridgehead atoms. The van der Waals surface area contributed by atoms with E-state index in [1.807, 2.05) is 0 Å². The van der Waals surface area contributed by atoms with Crippen molar-refractivity contribution >= 4 is 28.9 Å². The molecule has 0 saturated carbocycles. The number of nitrogens with one attached hydrogen (secondary N) is 1. The van der Waals surface area contributed by atoms with E-state index in [9.17, 15) is 13.2 Å². The van der Waals surface area contributed by atoms with E-state index in [0.29, 0.717) is 10.7 Å². The van der Waals surface area contributed by atoms with Gasteiger partial charge in [0, 0.05) is 0 Å². The molecule has 1 aromatic carbocycles. The summed E-state index contributed by atoms with van der Waals surface area (Å²) < 4.78 is 37.9. The molecule has 0 spiro atoms. The Bertz CT molecular complexity index is 599. The SMILES string of the molecule is Nc1cc(C(F)(F)F)cc(Nc2ccccc2Cl)n1. The molecule has 100 valence electrons. The second kappa shape index (κ2) is 4.97. The van der Waals surface area contributed by atoms with Crippen LogP contribution in [0, 0.1) is 0 Å². The van der Waals surface area contributed by atoms with Crippen molar-refractivity contribution in [1.29, 1.82) is 0 Å². The summed E-state index contributed by atoms with van der Waals surface area (Å²) in [6.45, 7) is 0. The lowest BCUT2D eigenvalue weighted by Crippen LogP contribution is -2.08. The third-order valence-electron chi connectivity index (χ3n) is 2.31. The van der Waals surface area contributed by atoms with Crippen molar-refractivity contribution < 1.29 is 13.2 Å². The first kappa shape index (κ1) is 13.5. The zero-order valence-electron chi connectivity index (χ0n) is 9.50. The molecule has 1 aromatic heterocycles. The summed E-state index contributed by atoms with van der Waals surface area (Å²) >= 11 is 5.90. The van der Waals surface area contributed by atoms with Crippen LogP contribution in [-0.2, 0) is 6.18 Å². The average Bonchev–Trinajstić information content (AvgIpc) is 2.30. The fraction of sp³-hybridized carbons (Fsp3) is 0.0833. The molecule has 0 aliphatic carbocycles. The van der Waals surface area contributed by atoms with Crippen LogP contribution < -0.4 is 11.1 Å². The van der Waals surface area contributed by atoms with Crippen LogP contribution in [-0.4, -0.2) is 4.98 Å². The zero-order valence-corrected chi connectivity index (χ0v) is 10.3. The monoisotopic (exact) mass is 287 g/mol. The number of benzene rings is 1. The maximum atomic E-state index is 12.6. The van der Waals surface area contributed by atoms with Crippen LogP contribution in [0.4, 0.5) is 30.5 Å². The van der Waals surface area contributed by atoms with E-state index < -0.39 is 11.7 Å². The van der Waals surface area contributed by atoms with Gasteiger partial charge in [0.15, 0.2) is 0 Å². The van der Waals surface area contributed by atoms with Gasteiger partial charge in [-0.2, -0.15) is 13.2 Å². The van der Waals surface area contributed by atoms with Crippen molar-refractivity contribution in [3.05, 3.63) is 47.0 Å². The van der Waals surface area contributed by atoms with Gasteiger partial charge in [0.1, 0.15) is 11.6 Å². The van der Waals surface area contributed by atoms with Gasteiger partial charge < -0.3 is 11.1 Å². The number of hydrogen-bond acceptors (Lipinski definition) is 3. The summed E-state index contributed by atoms with van der Waals surface area (Å²) in [4.78, 5) is 3.79. The minimum absolute atomic E-state index is 0.0135. The molecule has 3 N–H and O–H groups in total. The predicted octanol–water partition coefficient (Wildman–Crippen LogP) is 4.08. The molecule has 0 fully saturated rings. The number of hydrogen-bond donors (Lipinski definition) is 2. The lowest BCUT2D eigenvalue weighted by Gasteiger charge is -2.12. The highest BCUT2D eigenvalue weighted by atomic mass is 35.5. The van der Waals surface area contributed by atoms with Gasteiger partial charge in [-0.1, -0.05) is 23.7 Å². The van der Waals surface area contributed by atoms with Crippen LogP contribution in [0.15, 0.2) is 36.4 Å². The molecule has 0 aliphatic heterocycles. The van der Waals surface area contributed by atoms with Crippen molar-refractivity contribution in [2.45, 2.75) is 6.18 Å². The van der Waals surface area contributed by atoms with Crippen molar-refractivity contribution in [2.75, 3.05) is 11.1 Å². The highest BCUT2D eigenvalue weighted by Gasteiger charge is 2.31. The standard InChI is InChI=1S/C12H9ClF3N3/c13-8-3-1-2-4-9(8)18-11-6-7(12(14,15)16)5-10(17)19-11/h1-6H,(H3,17,18,19). The topological polar surface area (TPSA) is 50.9 Å². The normalized spacial score (nSPS) is 11.4. The number of rotatable bonds is 2. The fourth-order valence-corrected chi connectivity index (χ4v) is 1.66. The van der Waals surface area contributed by atoms with Gasteiger partial charge in [0.05, 0.1) is 16.3 Å². The van der Waals surface area contributed by atoms with Gasteiger partial charge in [0.2, 0.25) is 0 Å². The van der Waals surface area contributed by atoms with E-state index >= 15 is 0 Å². The number of alkyl halides is 3. The first-order valence-corrected chi connectivity index (χ1v) is 5.60. The van der Waals surface area contributed by atoms with Gasteiger partial charge in [-0.3, -0.25) is 0 Å². The molecule has 3 nitrogen and oxygen atoms in total. The van der Waals surface area contributed by atoms with E-state index in [-0.39, 0.29) is 11.6 Å². The summed E-state index contributed by atoms with van der Waals surface area (Å²) in [7, 11) is 0. The summed E-state index contributed by atoms with van der Waals surface area (Å²) in [5.41, 5.74) is 4.95. The van der Waals surface area contributed by atoms with Crippen LogP contribution in [0.5, 0.6) is 0 Å². The maximum Gasteiger partial charge on any atom is 0.416 e. The van der Waals surface area contributed by atoms with Crippen LogP contribution in [0.1, 0.15) is 5.56 Å². The quantitative estimate of drug-likeness (QED) is 0.875. The van der Waals surface area contributed by atoms with Crippen molar-refractivity contribution in [3.63, 3.8) is 0 Å². The van der Waals surface area contributed by atoms with Crippen molar-refractivity contribution in [2.24, 2.45) is 0 Å². The molecular formula is C12H9ClF3N3. The van der Waals surface area contributed by atoms with Gasteiger partial charge in [-0.05, 0) is 24.3 Å². The Morgan fingerprint density at radius 2 is 1.84 bits per heavy atom. The predicted molar refractivity (Wildman–Crippen MR) is 68.4 cm³/mol. The van der Waals surface area contributed by atoms with E-state index in [2.05, 4.69) is 10.3 Å². The van der Waals surface area contributed by atoms with Crippen molar-refractivity contribution in [3.8, 4) is 0 Å². The lowest BCUT2D eigenvalue weighted by atomic mass is 10.2. The second-order valence-corrected chi connectivity index (χ2v) is 4.18. The summed E-state index contributed by atoms with van der Waals surface area (Å²) in [6.07, 6.45) is -4.48. The Morgan fingerprint density at radius 3 is 2.47 bits per heavy atom. The Hall–Kier alpha value is -1.95. The Balaban J connectivity index is 2.36. The number of para-hydroxylation sites is 1. The molecule has 0 radical (unpaired) electrons. The third kappa shape index (κ3) is 3.29. The number of halogens is 4.